The molecule has 0 radical (unpaired) electrons. The molecule has 1 unspecified atom stereocenters. The number of ether oxygens (including phenoxy) is 1. The zero-order valence-corrected chi connectivity index (χ0v) is 17.0. The van der Waals surface area contributed by atoms with E-state index in [0.29, 0.717) is 25.1 Å². The Morgan fingerprint density at radius 1 is 1.20 bits per heavy atom. The fraction of sp³-hybridized carbons (Fsp3) is 0.650. The molecule has 0 N–H and O–H groups in total. The third-order valence-corrected chi connectivity index (χ3v) is 5.88. The quantitative estimate of drug-likeness (QED) is 0.693. The average Bonchev–Trinajstić information content (AvgIpc) is 2.56. The van der Waals surface area contributed by atoms with Crippen LogP contribution in [0.25, 0.3) is 0 Å². The van der Waals surface area contributed by atoms with Crippen molar-refractivity contribution in [2.75, 3.05) is 25.4 Å². The normalized spacial score (nSPS) is 18.5. The lowest BCUT2D eigenvalue weighted by atomic mass is 10.1. The van der Waals surface area contributed by atoms with Gasteiger partial charge in [-0.15, -0.1) is 11.8 Å². The standard InChI is InChI=1S/C20H32N2O2S/c1-6-24-18-9-7-17(8-10-18)20-22(19(23)11-14-25-20)13-12-21(15(2)3)16(4)5/h7-10,15-16,20H,6,11-14H2,1-5H3. The molecule has 1 heterocycles. The summed E-state index contributed by atoms with van der Waals surface area (Å²) in [7, 11) is 0. The topological polar surface area (TPSA) is 32.8 Å². The minimum Gasteiger partial charge on any atom is -0.494 e. The van der Waals surface area contributed by atoms with Gasteiger partial charge in [-0.1, -0.05) is 12.1 Å². The second kappa shape index (κ2) is 9.48. The van der Waals surface area contributed by atoms with Crippen LogP contribution in [0.5, 0.6) is 5.75 Å². The minimum atomic E-state index is 0.109. The maximum Gasteiger partial charge on any atom is 0.224 e. The van der Waals surface area contributed by atoms with E-state index < -0.39 is 0 Å². The van der Waals surface area contributed by atoms with E-state index in [4.69, 9.17) is 4.74 Å². The van der Waals surface area contributed by atoms with Gasteiger partial charge in [-0.3, -0.25) is 9.69 Å². The Hall–Kier alpha value is -1.20. The first-order chi connectivity index (χ1) is 11.9. The maximum absolute atomic E-state index is 12.6. The van der Waals surface area contributed by atoms with Gasteiger partial charge in [0.2, 0.25) is 5.91 Å². The zero-order valence-electron chi connectivity index (χ0n) is 16.2. The van der Waals surface area contributed by atoms with Crippen molar-refractivity contribution in [3.05, 3.63) is 29.8 Å². The minimum absolute atomic E-state index is 0.109. The van der Waals surface area contributed by atoms with Gasteiger partial charge in [0.15, 0.2) is 0 Å². The van der Waals surface area contributed by atoms with Gasteiger partial charge in [0.05, 0.1) is 6.61 Å². The molecule has 0 aromatic heterocycles. The summed E-state index contributed by atoms with van der Waals surface area (Å²) in [6, 6.07) is 9.16. The molecule has 0 spiro atoms. The number of rotatable bonds is 8. The molecule has 5 heteroatoms. The van der Waals surface area contributed by atoms with Gasteiger partial charge in [-0.2, -0.15) is 0 Å². The Balaban J connectivity index is 2.10. The monoisotopic (exact) mass is 364 g/mol. The van der Waals surface area contributed by atoms with Gasteiger partial charge in [0.25, 0.3) is 0 Å². The van der Waals surface area contributed by atoms with Crippen LogP contribution in [-0.2, 0) is 4.79 Å². The molecular formula is C20H32N2O2S. The highest BCUT2D eigenvalue weighted by Crippen LogP contribution is 2.37. The van der Waals surface area contributed by atoms with Crippen LogP contribution in [-0.4, -0.2) is 53.2 Å². The Kier molecular flexibility index (Phi) is 7.63. The summed E-state index contributed by atoms with van der Waals surface area (Å²) in [5.41, 5.74) is 1.18. The van der Waals surface area contributed by atoms with Crippen molar-refractivity contribution in [2.24, 2.45) is 0 Å². The van der Waals surface area contributed by atoms with Crippen LogP contribution in [0, 0.1) is 0 Å². The van der Waals surface area contributed by atoms with Gasteiger partial charge < -0.3 is 9.64 Å². The third kappa shape index (κ3) is 5.38. The molecule has 4 nitrogen and oxygen atoms in total. The van der Waals surface area contributed by atoms with E-state index in [2.05, 4.69) is 49.6 Å². The molecule has 0 aliphatic carbocycles. The Morgan fingerprint density at radius 2 is 1.84 bits per heavy atom. The lowest BCUT2D eigenvalue weighted by molar-refractivity contribution is -0.132. The van der Waals surface area contributed by atoms with Crippen LogP contribution in [0.3, 0.4) is 0 Å². The molecule has 1 saturated heterocycles. The number of carbonyl (C=O) groups excluding carboxylic acids is 1. The van der Waals surface area contributed by atoms with Crippen molar-refractivity contribution in [3.63, 3.8) is 0 Å². The van der Waals surface area contributed by atoms with E-state index in [-0.39, 0.29) is 11.3 Å². The molecular weight excluding hydrogens is 332 g/mol. The summed E-state index contributed by atoms with van der Waals surface area (Å²) in [6.07, 6.45) is 0.640. The van der Waals surface area contributed by atoms with E-state index in [1.807, 2.05) is 30.8 Å². The van der Waals surface area contributed by atoms with E-state index in [1.54, 1.807) is 0 Å². The molecule has 25 heavy (non-hydrogen) atoms. The second-order valence-electron chi connectivity index (χ2n) is 6.99. The summed E-state index contributed by atoms with van der Waals surface area (Å²) in [4.78, 5) is 17.1. The molecule has 1 aromatic carbocycles. The first kappa shape index (κ1) is 20.1. The predicted octanol–water partition coefficient (Wildman–Crippen LogP) is 4.17. The van der Waals surface area contributed by atoms with Gasteiger partial charge in [0.1, 0.15) is 11.1 Å². The summed E-state index contributed by atoms with van der Waals surface area (Å²) >= 11 is 1.86. The number of benzene rings is 1. The lowest BCUT2D eigenvalue weighted by Crippen LogP contribution is -2.46. The number of nitrogens with zero attached hydrogens (tertiary/aromatic N) is 2. The van der Waals surface area contributed by atoms with Crippen LogP contribution >= 0.6 is 11.8 Å². The van der Waals surface area contributed by atoms with Crippen molar-refractivity contribution in [2.45, 2.75) is 58.5 Å². The number of hydrogen-bond acceptors (Lipinski definition) is 4. The number of amides is 1. The van der Waals surface area contributed by atoms with Crippen LogP contribution in [0.15, 0.2) is 24.3 Å². The van der Waals surface area contributed by atoms with Crippen molar-refractivity contribution < 1.29 is 9.53 Å². The molecule has 0 saturated carbocycles. The van der Waals surface area contributed by atoms with Crippen LogP contribution in [0.2, 0.25) is 0 Å². The van der Waals surface area contributed by atoms with Gasteiger partial charge in [0, 0.05) is 37.3 Å². The largest absolute Gasteiger partial charge is 0.494 e. The highest BCUT2D eigenvalue weighted by atomic mass is 32.2. The molecule has 1 fully saturated rings. The molecule has 0 bridgehead atoms. The fourth-order valence-electron chi connectivity index (χ4n) is 3.37. The van der Waals surface area contributed by atoms with Crippen molar-refractivity contribution in [1.29, 1.82) is 0 Å². The molecule has 2 rings (SSSR count). The molecule has 1 aliphatic heterocycles. The molecule has 1 aliphatic rings. The SMILES string of the molecule is CCOc1ccc(C2SCCC(=O)N2CCN(C(C)C)C(C)C)cc1. The zero-order chi connectivity index (χ0) is 18.4. The lowest BCUT2D eigenvalue weighted by Gasteiger charge is -2.38. The Morgan fingerprint density at radius 3 is 2.40 bits per heavy atom. The van der Waals surface area contributed by atoms with Crippen LogP contribution in [0.1, 0.15) is 52.0 Å². The van der Waals surface area contributed by atoms with Crippen molar-refractivity contribution in [3.8, 4) is 5.75 Å². The summed E-state index contributed by atoms with van der Waals surface area (Å²) in [6.45, 7) is 13.2. The number of hydrogen-bond donors (Lipinski definition) is 0. The first-order valence-corrected chi connectivity index (χ1v) is 10.4. The maximum atomic E-state index is 12.6. The summed E-state index contributed by atoms with van der Waals surface area (Å²) in [5, 5.41) is 0.109. The first-order valence-electron chi connectivity index (χ1n) is 9.33. The van der Waals surface area contributed by atoms with Gasteiger partial charge in [-0.25, -0.2) is 0 Å². The molecule has 140 valence electrons. The van der Waals surface area contributed by atoms with Crippen molar-refractivity contribution >= 4 is 17.7 Å². The fourth-order valence-corrected chi connectivity index (χ4v) is 4.64. The molecule has 1 aromatic rings. The Bertz CT molecular complexity index is 537. The Labute approximate surface area is 156 Å². The van der Waals surface area contributed by atoms with E-state index in [0.717, 1.165) is 24.6 Å². The predicted molar refractivity (Wildman–Crippen MR) is 106 cm³/mol. The van der Waals surface area contributed by atoms with Crippen LogP contribution < -0.4 is 4.74 Å². The van der Waals surface area contributed by atoms with Crippen LogP contribution in [0.4, 0.5) is 0 Å². The summed E-state index contributed by atoms with van der Waals surface area (Å²) < 4.78 is 5.53. The number of thioether (sulfide) groups is 1. The van der Waals surface area contributed by atoms with E-state index >= 15 is 0 Å². The van der Waals surface area contributed by atoms with Gasteiger partial charge in [-0.05, 0) is 52.3 Å². The third-order valence-electron chi connectivity index (χ3n) is 4.60. The van der Waals surface area contributed by atoms with E-state index in [1.165, 1.54) is 5.56 Å². The van der Waals surface area contributed by atoms with Gasteiger partial charge >= 0.3 is 0 Å². The van der Waals surface area contributed by atoms with E-state index in [9.17, 15) is 4.79 Å². The number of carbonyl (C=O) groups is 1. The smallest absolute Gasteiger partial charge is 0.224 e. The highest BCUT2D eigenvalue weighted by Gasteiger charge is 2.30. The summed E-state index contributed by atoms with van der Waals surface area (Å²) in [5.74, 6) is 2.05. The molecule has 1 amide bonds. The molecule has 1 atom stereocenters. The highest BCUT2D eigenvalue weighted by molar-refractivity contribution is 7.99. The average molecular weight is 365 g/mol. The van der Waals surface area contributed by atoms with Crippen molar-refractivity contribution in [1.82, 2.24) is 9.80 Å². The second-order valence-corrected chi connectivity index (χ2v) is 8.18.